The molecule has 2 heterocycles. The molecule has 5 heteroatoms. The number of carboxylic acids is 1. The number of fused-ring (bicyclic) bond motifs is 1. The Morgan fingerprint density at radius 1 is 1.53 bits per heavy atom. The van der Waals surface area contributed by atoms with Gasteiger partial charge in [-0.2, -0.15) is 0 Å². The molecule has 0 aliphatic heterocycles. The molecule has 1 saturated carbocycles. The maximum absolute atomic E-state index is 11.2. The second kappa shape index (κ2) is 3.84. The van der Waals surface area contributed by atoms with E-state index in [1.54, 1.807) is 6.07 Å². The van der Waals surface area contributed by atoms with E-state index >= 15 is 0 Å². The first kappa shape index (κ1) is 10.8. The third-order valence-electron chi connectivity index (χ3n) is 3.31. The van der Waals surface area contributed by atoms with Crippen molar-refractivity contribution in [3.63, 3.8) is 0 Å². The van der Waals surface area contributed by atoms with Gasteiger partial charge in [0, 0.05) is 16.6 Å². The third-order valence-corrected chi connectivity index (χ3v) is 3.80. The number of hydrogen-bond donors (Lipinski definition) is 1. The highest BCUT2D eigenvalue weighted by Crippen LogP contribution is 2.36. The van der Waals surface area contributed by atoms with E-state index in [1.165, 1.54) is 6.42 Å². The molecule has 4 nitrogen and oxygen atoms in total. The number of imidazole rings is 1. The van der Waals surface area contributed by atoms with Gasteiger partial charge in [0.05, 0.1) is 5.52 Å². The van der Waals surface area contributed by atoms with Gasteiger partial charge in [-0.25, -0.2) is 9.78 Å². The van der Waals surface area contributed by atoms with Crippen LogP contribution in [0, 0.1) is 0 Å². The molecule has 3 rings (SSSR count). The lowest BCUT2D eigenvalue weighted by atomic mass is 9.85. The first-order valence-electron chi connectivity index (χ1n) is 5.57. The van der Waals surface area contributed by atoms with Gasteiger partial charge in [-0.1, -0.05) is 22.4 Å². The Balaban J connectivity index is 2.26. The second-order valence-electron chi connectivity index (χ2n) is 4.35. The SMILES string of the molecule is O=C(O)c1nc(C2CCC2)n2ccc(Br)cc12. The summed E-state index contributed by atoms with van der Waals surface area (Å²) in [5.74, 6) is 0.332. The number of carbonyl (C=O) groups is 1. The second-order valence-corrected chi connectivity index (χ2v) is 5.27. The molecular formula is C12H11BrN2O2. The molecule has 1 aliphatic rings. The fraction of sp³-hybridized carbons (Fsp3) is 0.333. The highest BCUT2D eigenvalue weighted by atomic mass is 79.9. The van der Waals surface area contributed by atoms with Crippen LogP contribution in [0.1, 0.15) is 41.5 Å². The molecule has 0 atom stereocenters. The van der Waals surface area contributed by atoms with Crippen LogP contribution in [0.3, 0.4) is 0 Å². The summed E-state index contributed by atoms with van der Waals surface area (Å²) in [6.45, 7) is 0. The van der Waals surface area contributed by atoms with Crippen LogP contribution in [-0.2, 0) is 0 Å². The van der Waals surface area contributed by atoms with Crippen LogP contribution in [0.25, 0.3) is 5.52 Å². The first-order valence-corrected chi connectivity index (χ1v) is 6.37. The summed E-state index contributed by atoms with van der Waals surface area (Å²) in [5, 5.41) is 9.17. The Morgan fingerprint density at radius 3 is 2.88 bits per heavy atom. The van der Waals surface area contributed by atoms with Crippen LogP contribution in [0.15, 0.2) is 22.8 Å². The summed E-state index contributed by atoms with van der Waals surface area (Å²) in [7, 11) is 0. The molecule has 0 bridgehead atoms. The Hall–Kier alpha value is -1.36. The number of aromatic carboxylic acids is 1. The summed E-state index contributed by atoms with van der Waals surface area (Å²) in [4.78, 5) is 15.5. The van der Waals surface area contributed by atoms with Crippen LogP contribution >= 0.6 is 15.9 Å². The largest absolute Gasteiger partial charge is 0.476 e. The molecule has 1 N–H and O–H groups in total. The Kier molecular flexibility index (Phi) is 2.43. The summed E-state index contributed by atoms with van der Waals surface area (Å²) >= 11 is 3.36. The summed E-state index contributed by atoms with van der Waals surface area (Å²) in [6.07, 6.45) is 5.30. The Bertz CT molecular complexity index is 602. The molecular weight excluding hydrogens is 284 g/mol. The highest BCUT2D eigenvalue weighted by molar-refractivity contribution is 9.10. The Morgan fingerprint density at radius 2 is 2.29 bits per heavy atom. The zero-order chi connectivity index (χ0) is 12.0. The number of carboxylic acid groups (broad SMARTS) is 1. The lowest BCUT2D eigenvalue weighted by Gasteiger charge is -2.23. The molecule has 0 saturated heterocycles. The van der Waals surface area contributed by atoms with Crippen molar-refractivity contribution in [3.05, 3.63) is 34.3 Å². The number of rotatable bonds is 2. The topological polar surface area (TPSA) is 54.6 Å². The molecule has 17 heavy (non-hydrogen) atoms. The molecule has 0 aromatic carbocycles. The van der Waals surface area contributed by atoms with E-state index in [-0.39, 0.29) is 5.69 Å². The van der Waals surface area contributed by atoms with Crippen LogP contribution in [0.5, 0.6) is 0 Å². The first-order chi connectivity index (χ1) is 8.16. The predicted octanol–water partition coefficient (Wildman–Crippen LogP) is 3.06. The van der Waals surface area contributed by atoms with Crippen LogP contribution < -0.4 is 0 Å². The molecule has 1 fully saturated rings. The van der Waals surface area contributed by atoms with Crippen molar-refractivity contribution in [2.24, 2.45) is 0 Å². The van der Waals surface area contributed by atoms with E-state index in [0.717, 1.165) is 23.1 Å². The maximum Gasteiger partial charge on any atom is 0.356 e. The molecule has 0 amide bonds. The van der Waals surface area contributed by atoms with Crippen molar-refractivity contribution in [2.45, 2.75) is 25.2 Å². The van der Waals surface area contributed by atoms with Gasteiger partial charge >= 0.3 is 5.97 Å². The molecule has 0 spiro atoms. The van der Waals surface area contributed by atoms with Gasteiger partial charge in [-0.3, -0.25) is 0 Å². The molecule has 2 aromatic heterocycles. The lowest BCUT2D eigenvalue weighted by Crippen LogP contribution is -2.12. The van der Waals surface area contributed by atoms with Gasteiger partial charge in [0.25, 0.3) is 0 Å². The monoisotopic (exact) mass is 294 g/mol. The van der Waals surface area contributed by atoms with Crippen LogP contribution in [0.2, 0.25) is 0 Å². The van der Waals surface area contributed by atoms with Gasteiger partial charge in [0.1, 0.15) is 5.82 Å². The van der Waals surface area contributed by atoms with Crippen molar-refractivity contribution < 1.29 is 9.90 Å². The van der Waals surface area contributed by atoms with E-state index in [2.05, 4.69) is 20.9 Å². The van der Waals surface area contributed by atoms with Crippen molar-refractivity contribution in [2.75, 3.05) is 0 Å². The number of nitrogens with zero attached hydrogens (tertiary/aromatic N) is 2. The molecule has 1 aliphatic carbocycles. The van der Waals surface area contributed by atoms with Gasteiger partial charge in [0.2, 0.25) is 0 Å². The number of pyridine rings is 1. The zero-order valence-electron chi connectivity index (χ0n) is 9.06. The predicted molar refractivity (Wildman–Crippen MR) is 66.4 cm³/mol. The maximum atomic E-state index is 11.2. The summed E-state index contributed by atoms with van der Waals surface area (Å²) < 4.78 is 2.77. The van der Waals surface area contributed by atoms with E-state index in [1.807, 2.05) is 16.7 Å². The number of aromatic nitrogens is 2. The molecule has 88 valence electrons. The van der Waals surface area contributed by atoms with E-state index in [9.17, 15) is 4.79 Å². The minimum absolute atomic E-state index is 0.146. The number of halogens is 1. The summed E-state index contributed by atoms with van der Waals surface area (Å²) in [5.41, 5.74) is 0.807. The highest BCUT2D eigenvalue weighted by Gasteiger charge is 2.27. The van der Waals surface area contributed by atoms with E-state index < -0.39 is 5.97 Å². The Labute approximate surface area is 106 Å². The smallest absolute Gasteiger partial charge is 0.356 e. The lowest BCUT2D eigenvalue weighted by molar-refractivity contribution is 0.0693. The fourth-order valence-electron chi connectivity index (χ4n) is 2.19. The van der Waals surface area contributed by atoms with Crippen molar-refractivity contribution in [3.8, 4) is 0 Å². The minimum atomic E-state index is -0.967. The average Bonchev–Trinajstić information content (AvgIpc) is 2.54. The molecule has 2 aromatic rings. The van der Waals surface area contributed by atoms with Gasteiger partial charge in [-0.05, 0) is 25.0 Å². The van der Waals surface area contributed by atoms with Gasteiger partial charge < -0.3 is 9.51 Å². The molecule has 0 unspecified atom stereocenters. The van der Waals surface area contributed by atoms with E-state index in [4.69, 9.17) is 5.11 Å². The van der Waals surface area contributed by atoms with Gasteiger partial charge in [0.15, 0.2) is 5.69 Å². The van der Waals surface area contributed by atoms with Crippen molar-refractivity contribution in [1.29, 1.82) is 0 Å². The minimum Gasteiger partial charge on any atom is -0.476 e. The standard InChI is InChI=1S/C12H11BrN2O2/c13-8-4-5-15-9(6-8)10(12(16)17)14-11(15)7-2-1-3-7/h4-7H,1-3H2,(H,16,17). The van der Waals surface area contributed by atoms with E-state index in [0.29, 0.717) is 11.4 Å². The molecule has 0 radical (unpaired) electrons. The number of hydrogen-bond acceptors (Lipinski definition) is 2. The fourth-order valence-corrected chi connectivity index (χ4v) is 2.53. The normalized spacial score (nSPS) is 16.1. The van der Waals surface area contributed by atoms with Crippen LogP contribution in [-0.4, -0.2) is 20.5 Å². The van der Waals surface area contributed by atoms with Crippen molar-refractivity contribution in [1.82, 2.24) is 9.38 Å². The third kappa shape index (κ3) is 1.65. The van der Waals surface area contributed by atoms with Crippen LogP contribution in [0.4, 0.5) is 0 Å². The average molecular weight is 295 g/mol. The van der Waals surface area contributed by atoms with Gasteiger partial charge in [-0.15, -0.1) is 0 Å². The van der Waals surface area contributed by atoms with Crippen molar-refractivity contribution >= 4 is 27.4 Å². The quantitative estimate of drug-likeness (QED) is 0.926. The zero-order valence-corrected chi connectivity index (χ0v) is 10.6. The summed E-state index contributed by atoms with van der Waals surface area (Å²) in [6, 6.07) is 3.71.